The van der Waals surface area contributed by atoms with Crippen LogP contribution >= 0.6 is 0 Å². The van der Waals surface area contributed by atoms with Crippen molar-refractivity contribution in [3.05, 3.63) is 336 Å². The maximum Gasteiger partial charge on any atom is 0.159 e. The normalized spacial score (nSPS) is 12.6. The van der Waals surface area contributed by atoms with Crippen LogP contribution in [0.4, 0.5) is 34.1 Å². The van der Waals surface area contributed by atoms with Crippen LogP contribution in [0, 0.1) is 27.7 Å². The molecule has 0 unspecified atom stereocenters. The summed E-state index contributed by atoms with van der Waals surface area (Å²) in [6.07, 6.45) is 0. The Balaban J connectivity index is 0.978. The number of fused-ring (bicyclic) bond motifs is 13. The minimum atomic E-state index is -0.854. The minimum absolute atomic E-state index is 0.827. The largest absolute Gasteiger partial charge is 0.453 e. The summed E-state index contributed by atoms with van der Waals surface area (Å²) >= 11 is 0. The van der Waals surface area contributed by atoms with Gasteiger partial charge in [0.05, 0.1) is 28.2 Å². The average Bonchev–Trinajstić information content (AvgIpc) is 1.53. The molecule has 1 aliphatic rings. The van der Waals surface area contributed by atoms with Gasteiger partial charge < -0.3 is 18.6 Å². The highest BCUT2D eigenvalue weighted by atomic mass is 16.3. The fourth-order valence-electron chi connectivity index (χ4n) is 15.3. The van der Waals surface area contributed by atoms with Crippen LogP contribution in [0.3, 0.4) is 0 Å². The van der Waals surface area contributed by atoms with Crippen molar-refractivity contribution in [1.82, 2.24) is 0 Å². The average molecular weight is 1140 g/mol. The van der Waals surface area contributed by atoms with E-state index in [0.717, 1.165) is 111 Å². The van der Waals surface area contributed by atoms with Gasteiger partial charge in [-0.2, -0.15) is 0 Å². The van der Waals surface area contributed by atoms with Crippen LogP contribution in [-0.4, -0.2) is 0 Å². The molecule has 2 aromatic heterocycles. The number of hydrogen-bond donors (Lipinski definition) is 0. The molecule has 0 N–H and O–H groups in total. The molecule has 0 bridgehead atoms. The predicted octanol–water partition coefficient (Wildman–Crippen LogP) is 23.7. The summed E-state index contributed by atoms with van der Waals surface area (Å²) in [7, 11) is 0. The first kappa shape index (κ1) is 52.2. The fourth-order valence-corrected chi connectivity index (χ4v) is 15.3. The van der Waals surface area contributed by atoms with Crippen LogP contribution in [0.15, 0.2) is 300 Å². The number of aryl methyl sites for hydroxylation is 4. The third-order valence-electron chi connectivity index (χ3n) is 19.0. The van der Waals surface area contributed by atoms with Crippen LogP contribution in [0.2, 0.25) is 0 Å². The van der Waals surface area contributed by atoms with Gasteiger partial charge in [0, 0.05) is 54.8 Å². The van der Waals surface area contributed by atoms with Crippen LogP contribution in [-0.2, 0) is 5.41 Å². The third-order valence-corrected chi connectivity index (χ3v) is 19.0. The Labute approximate surface area is 517 Å². The number of rotatable bonds is 10. The van der Waals surface area contributed by atoms with Crippen LogP contribution in [0.25, 0.3) is 98.8 Å². The van der Waals surface area contributed by atoms with Crippen LogP contribution < -0.4 is 9.80 Å². The molecule has 17 rings (SSSR count). The van der Waals surface area contributed by atoms with E-state index < -0.39 is 5.41 Å². The fraction of sp³-hybridized carbons (Fsp3) is 0.0588. The number of hydrogen-bond acceptors (Lipinski definition) is 4. The maximum absolute atomic E-state index is 7.42. The lowest BCUT2D eigenvalue weighted by atomic mass is 9.67. The van der Waals surface area contributed by atoms with Gasteiger partial charge in [0.25, 0.3) is 0 Å². The lowest BCUT2D eigenvalue weighted by molar-refractivity contribution is 0.669. The molecule has 0 fully saturated rings. The summed E-state index contributed by atoms with van der Waals surface area (Å²) in [6, 6.07) is 107. The Kier molecular flexibility index (Phi) is 12.0. The molecule has 0 radical (unpaired) electrons. The van der Waals surface area contributed by atoms with Crippen molar-refractivity contribution in [1.29, 1.82) is 0 Å². The predicted molar refractivity (Wildman–Crippen MR) is 373 cm³/mol. The Bertz CT molecular complexity index is 5100. The molecular weight excluding hydrogens is 1080 g/mol. The second kappa shape index (κ2) is 20.5. The lowest BCUT2D eigenvalue weighted by Crippen LogP contribution is -2.29. The van der Waals surface area contributed by atoms with Gasteiger partial charge in [-0.1, -0.05) is 243 Å². The lowest BCUT2D eigenvalue weighted by Gasteiger charge is -2.36. The minimum Gasteiger partial charge on any atom is -0.453 e. The second-order valence-electron chi connectivity index (χ2n) is 24.0. The van der Waals surface area contributed by atoms with Gasteiger partial charge in [-0.05, 0) is 154 Å². The van der Waals surface area contributed by atoms with Gasteiger partial charge >= 0.3 is 0 Å². The highest BCUT2D eigenvalue weighted by Crippen LogP contribution is 2.63. The molecule has 14 aromatic carbocycles. The molecule has 4 heteroatoms. The van der Waals surface area contributed by atoms with Crippen molar-refractivity contribution >= 4 is 99.5 Å². The van der Waals surface area contributed by atoms with E-state index in [1.807, 2.05) is 0 Å². The molecule has 0 amide bonds. The molecule has 2 heterocycles. The highest BCUT2D eigenvalue weighted by Gasteiger charge is 2.49. The van der Waals surface area contributed by atoms with Gasteiger partial charge in [0.2, 0.25) is 0 Å². The summed E-state index contributed by atoms with van der Waals surface area (Å²) in [6.45, 7) is 8.79. The van der Waals surface area contributed by atoms with Crippen molar-refractivity contribution in [3.63, 3.8) is 0 Å². The van der Waals surface area contributed by atoms with Gasteiger partial charge in [-0.25, -0.2) is 0 Å². The van der Waals surface area contributed by atoms with E-state index >= 15 is 0 Å². The molecule has 422 valence electrons. The van der Waals surface area contributed by atoms with Gasteiger partial charge in [-0.3, -0.25) is 0 Å². The molecule has 0 atom stereocenters. The zero-order chi connectivity index (χ0) is 59.5. The second-order valence-corrected chi connectivity index (χ2v) is 24.0. The molecule has 0 saturated heterocycles. The van der Waals surface area contributed by atoms with Gasteiger partial charge in [0.1, 0.15) is 11.2 Å². The Morgan fingerprint density at radius 3 is 0.933 bits per heavy atom. The molecule has 89 heavy (non-hydrogen) atoms. The highest BCUT2D eigenvalue weighted by molar-refractivity contribution is 6.21. The first-order chi connectivity index (χ1) is 43.9. The van der Waals surface area contributed by atoms with E-state index in [-0.39, 0.29) is 0 Å². The van der Waals surface area contributed by atoms with Gasteiger partial charge in [-0.15, -0.1) is 0 Å². The zero-order valence-corrected chi connectivity index (χ0v) is 49.9. The first-order valence-electron chi connectivity index (χ1n) is 30.8. The van der Waals surface area contributed by atoms with Crippen molar-refractivity contribution in [2.75, 3.05) is 9.80 Å². The van der Waals surface area contributed by atoms with E-state index in [9.17, 15) is 0 Å². The molecule has 0 aliphatic heterocycles. The van der Waals surface area contributed by atoms with Crippen molar-refractivity contribution in [2.45, 2.75) is 33.1 Å². The number of nitrogens with zero attached hydrogens (tertiary/aromatic N) is 2. The number of benzene rings is 14. The Hall–Kier alpha value is -11.2. The van der Waals surface area contributed by atoms with E-state index in [1.165, 1.54) is 66.8 Å². The Morgan fingerprint density at radius 1 is 0.247 bits per heavy atom. The summed E-state index contributed by atoms with van der Waals surface area (Å²) in [5.74, 6) is 0. The van der Waals surface area contributed by atoms with Gasteiger partial charge in [0.15, 0.2) is 11.2 Å². The quantitative estimate of drug-likeness (QED) is 0.137. The summed E-state index contributed by atoms with van der Waals surface area (Å²) < 4.78 is 14.8. The molecule has 0 saturated carbocycles. The van der Waals surface area contributed by atoms with E-state index in [1.54, 1.807) is 0 Å². The SMILES string of the molecule is Cc1cccc(C)c1-c1cccc2c1oc1c(N(c3ccccc3)c3cc4c(c5ccccc35)-c3c(cc(N(c5ccccc5)c5cccc6c5oc5c(-c7c(C)cccc7C)cccc56)c5ccccc35)C4(c3ccccc3)c3ccccc3)cccc12. The van der Waals surface area contributed by atoms with E-state index in [4.69, 9.17) is 8.83 Å². The van der Waals surface area contributed by atoms with Crippen LogP contribution in [0.1, 0.15) is 44.5 Å². The van der Waals surface area contributed by atoms with E-state index in [2.05, 4.69) is 329 Å². The standard InChI is InChI=1S/C85H60N2O2/c1-53-27-21-28-54(2)77(53)69-47-23-43-65-67-45-25-49-73(83(67)88-81(65)69)86(59-35-13-7-14-36-59)75-51-71-79(63-41-19-17-39-61(63)75)80-64-42-20-18-40-62(64)76(52-72(80)85(71,57-31-9-5-10-32-57)58-33-11-6-12-34-58)87(60-37-15-8-16-38-60)74-50-26-46-68-66-44-24-48-70(82(66)89-84(68)74)78-55(3)29-22-30-56(78)4/h5-52H,1-4H3. The maximum atomic E-state index is 7.42. The molecule has 16 aromatic rings. The molecule has 4 nitrogen and oxygen atoms in total. The van der Waals surface area contributed by atoms with E-state index in [0.29, 0.717) is 0 Å². The molecule has 0 spiro atoms. The summed E-state index contributed by atoms with van der Waals surface area (Å²) in [5, 5.41) is 8.87. The molecular formula is C85H60N2O2. The van der Waals surface area contributed by atoms with Crippen molar-refractivity contribution in [3.8, 4) is 33.4 Å². The number of furan rings is 2. The number of para-hydroxylation sites is 6. The summed E-state index contributed by atoms with van der Waals surface area (Å²) in [5.41, 5.74) is 25.2. The number of anilines is 6. The van der Waals surface area contributed by atoms with Crippen molar-refractivity contribution < 1.29 is 8.83 Å². The molecule has 1 aliphatic carbocycles. The first-order valence-corrected chi connectivity index (χ1v) is 30.8. The monoisotopic (exact) mass is 1140 g/mol. The third kappa shape index (κ3) is 7.79. The zero-order valence-electron chi connectivity index (χ0n) is 49.9. The summed E-state index contributed by atoms with van der Waals surface area (Å²) in [4.78, 5) is 4.91. The Morgan fingerprint density at radius 2 is 0.551 bits per heavy atom. The topological polar surface area (TPSA) is 32.8 Å². The van der Waals surface area contributed by atoms with Crippen LogP contribution in [0.5, 0.6) is 0 Å². The van der Waals surface area contributed by atoms with Crippen molar-refractivity contribution in [2.24, 2.45) is 0 Å². The smallest absolute Gasteiger partial charge is 0.159 e.